The summed E-state index contributed by atoms with van der Waals surface area (Å²) in [7, 11) is 1.20. The van der Waals surface area contributed by atoms with Gasteiger partial charge in [0.2, 0.25) is 0 Å². The molecule has 0 unspecified atom stereocenters. The minimum absolute atomic E-state index is 0.166. The number of esters is 1. The third-order valence-corrected chi connectivity index (χ3v) is 6.74. The molecule has 9 heteroatoms. The van der Waals surface area contributed by atoms with Crippen molar-refractivity contribution in [3.05, 3.63) is 75.7 Å². The van der Waals surface area contributed by atoms with Crippen LogP contribution >= 0.6 is 23.4 Å². The van der Waals surface area contributed by atoms with Gasteiger partial charge in [-0.15, -0.1) is 0 Å². The number of rotatable bonds is 8. The highest BCUT2D eigenvalue weighted by molar-refractivity contribution is 8.18. The predicted octanol–water partition coefficient (Wildman–Crippen LogP) is 6.07. The van der Waals surface area contributed by atoms with Crippen molar-refractivity contribution in [3.63, 3.8) is 0 Å². The second-order valence-electron chi connectivity index (χ2n) is 7.98. The highest BCUT2D eigenvalue weighted by Gasteiger charge is 2.41. The number of nitrogens with zero attached hydrogens (tertiary/aromatic N) is 1. The molecule has 186 valence electrons. The number of carbonyl (C=O) groups is 3. The third-order valence-electron chi connectivity index (χ3n) is 5.58. The van der Waals surface area contributed by atoms with Crippen LogP contribution < -0.4 is 9.47 Å². The second kappa shape index (κ2) is 11.1. The van der Waals surface area contributed by atoms with Crippen LogP contribution in [0.15, 0.2) is 59.5 Å². The first-order valence-corrected chi connectivity index (χ1v) is 12.4. The molecule has 0 bridgehead atoms. The fraction of sp³-hybridized carbons (Fsp3) is 0.222. The Kier molecular flexibility index (Phi) is 7.86. The Morgan fingerprint density at radius 1 is 1.08 bits per heavy atom. The monoisotopic (exact) mass is 525 g/mol. The van der Waals surface area contributed by atoms with Gasteiger partial charge in [0.25, 0.3) is 11.1 Å². The molecule has 0 saturated carbocycles. The van der Waals surface area contributed by atoms with E-state index in [-0.39, 0.29) is 11.5 Å². The number of carbonyl (C=O) groups excluding carboxylic acids is 3. The molecule has 1 fully saturated rings. The van der Waals surface area contributed by atoms with Crippen LogP contribution in [0.25, 0.3) is 16.8 Å². The lowest BCUT2D eigenvalue weighted by Gasteiger charge is -2.18. The van der Waals surface area contributed by atoms with Crippen molar-refractivity contribution in [3.8, 4) is 11.5 Å². The number of hydrogen-bond donors (Lipinski definition) is 0. The van der Waals surface area contributed by atoms with Crippen molar-refractivity contribution in [1.29, 1.82) is 0 Å². The van der Waals surface area contributed by atoms with Gasteiger partial charge in [-0.2, -0.15) is 0 Å². The molecule has 0 radical (unpaired) electrons. The van der Waals surface area contributed by atoms with Crippen molar-refractivity contribution < 1.29 is 28.6 Å². The maximum absolute atomic E-state index is 12.8. The van der Waals surface area contributed by atoms with Gasteiger partial charge in [-0.3, -0.25) is 14.5 Å². The molecule has 7 nitrogen and oxygen atoms in total. The van der Waals surface area contributed by atoms with E-state index in [9.17, 15) is 14.4 Å². The topological polar surface area (TPSA) is 82.1 Å². The standard InChI is InChI=1S/C27H24ClNO6S/c1-4-34-22-13-18(14-23-25(30)29(27(32)36-23)16(2)26(31)33-3)12-21(28)24(22)35-15-17-9-10-19-7-5-6-8-20(19)11-17/h5-14,16H,4,15H2,1-3H3/b23-14+/t16-/m1/s1. The van der Waals surface area contributed by atoms with Crippen molar-refractivity contribution in [2.45, 2.75) is 26.5 Å². The Labute approximate surface area is 218 Å². The summed E-state index contributed by atoms with van der Waals surface area (Å²) in [5.41, 5.74) is 1.53. The largest absolute Gasteiger partial charge is 0.490 e. The minimum Gasteiger partial charge on any atom is -0.490 e. The summed E-state index contributed by atoms with van der Waals surface area (Å²) in [6.07, 6.45) is 1.54. The van der Waals surface area contributed by atoms with E-state index in [2.05, 4.69) is 10.8 Å². The van der Waals surface area contributed by atoms with Gasteiger partial charge in [-0.1, -0.05) is 48.0 Å². The van der Waals surface area contributed by atoms with Crippen molar-refractivity contribution in [2.24, 2.45) is 0 Å². The summed E-state index contributed by atoms with van der Waals surface area (Å²) in [5.74, 6) is -0.447. The lowest BCUT2D eigenvalue weighted by molar-refractivity contribution is -0.148. The van der Waals surface area contributed by atoms with Crippen molar-refractivity contribution in [1.82, 2.24) is 4.90 Å². The summed E-state index contributed by atoms with van der Waals surface area (Å²) in [6, 6.07) is 16.5. The molecule has 0 N–H and O–H groups in total. The zero-order valence-corrected chi connectivity index (χ0v) is 21.5. The molecule has 36 heavy (non-hydrogen) atoms. The molecule has 1 atom stereocenters. The molecule has 2 amide bonds. The van der Waals surface area contributed by atoms with Gasteiger partial charge < -0.3 is 14.2 Å². The first kappa shape index (κ1) is 25.6. The van der Waals surface area contributed by atoms with Crippen LogP contribution in [0.3, 0.4) is 0 Å². The number of imide groups is 1. The molecule has 0 spiro atoms. The van der Waals surface area contributed by atoms with E-state index in [1.54, 1.807) is 12.1 Å². The third kappa shape index (κ3) is 5.34. The van der Waals surface area contributed by atoms with E-state index < -0.39 is 23.2 Å². The number of hydrogen-bond acceptors (Lipinski definition) is 7. The van der Waals surface area contributed by atoms with Crippen molar-refractivity contribution in [2.75, 3.05) is 13.7 Å². The number of halogens is 1. The van der Waals surface area contributed by atoms with Crippen LogP contribution in [0.5, 0.6) is 11.5 Å². The Morgan fingerprint density at radius 3 is 2.56 bits per heavy atom. The highest BCUT2D eigenvalue weighted by atomic mass is 35.5. The molecule has 0 aliphatic carbocycles. The number of ether oxygens (including phenoxy) is 3. The number of methoxy groups -OCH3 is 1. The molecule has 4 rings (SSSR count). The molecule has 3 aromatic rings. The maximum Gasteiger partial charge on any atom is 0.328 e. The van der Waals surface area contributed by atoms with E-state index in [0.717, 1.165) is 33.0 Å². The molecule has 1 heterocycles. The quantitative estimate of drug-likeness (QED) is 0.261. The first-order valence-electron chi connectivity index (χ1n) is 11.2. The van der Waals surface area contributed by atoms with E-state index >= 15 is 0 Å². The summed E-state index contributed by atoms with van der Waals surface area (Å²) in [5, 5.41) is 2.01. The van der Waals surface area contributed by atoms with E-state index in [1.165, 1.54) is 20.1 Å². The molecule has 3 aromatic carbocycles. The second-order valence-corrected chi connectivity index (χ2v) is 9.38. The van der Waals surface area contributed by atoms with E-state index in [0.29, 0.717) is 28.7 Å². The molecular formula is C27H24ClNO6S. The molecule has 1 aliphatic heterocycles. The van der Waals surface area contributed by atoms with Crippen LogP contribution in [0.1, 0.15) is 25.0 Å². The first-order chi connectivity index (χ1) is 17.3. The summed E-state index contributed by atoms with van der Waals surface area (Å²) in [6.45, 7) is 3.94. The fourth-order valence-corrected chi connectivity index (χ4v) is 4.98. The Hall–Kier alpha value is -3.49. The average molecular weight is 526 g/mol. The van der Waals surface area contributed by atoms with Gasteiger partial charge in [0, 0.05) is 0 Å². The Morgan fingerprint density at radius 2 is 1.83 bits per heavy atom. The molecular weight excluding hydrogens is 502 g/mol. The number of fused-ring (bicyclic) bond motifs is 1. The van der Waals surface area contributed by atoms with Crippen LogP contribution in [-0.4, -0.2) is 41.8 Å². The summed E-state index contributed by atoms with van der Waals surface area (Å²) >= 11 is 7.30. The van der Waals surface area contributed by atoms with Crippen LogP contribution in [0, 0.1) is 0 Å². The number of thioether (sulfide) groups is 1. The summed E-state index contributed by atoms with van der Waals surface area (Å²) in [4.78, 5) is 38.1. The van der Waals surface area contributed by atoms with Crippen LogP contribution in [-0.2, 0) is 20.9 Å². The van der Waals surface area contributed by atoms with E-state index in [4.69, 9.17) is 21.1 Å². The lowest BCUT2D eigenvalue weighted by atomic mass is 10.1. The maximum atomic E-state index is 12.8. The minimum atomic E-state index is -1.03. The smallest absolute Gasteiger partial charge is 0.328 e. The predicted molar refractivity (Wildman–Crippen MR) is 140 cm³/mol. The summed E-state index contributed by atoms with van der Waals surface area (Å²) < 4.78 is 16.5. The zero-order valence-electron chi connectivity index (χ0n) is 19.9. The van der Waals surface area contributed by atoms with Gasteiger partial charge in [0.05, 0.1) is 23.6 Å². The van der Waals surface area contributed by atoms with Gasteiger partial charge in [0.15, 0.2) is 11.5 Å². The SMILES string of the molecule is CCOc1cc(/C=C2/SC(=O)N([C@H](C)C(=O)OC)C2=O)cc(Cl)c1OCc1ccc2ccccc2c1. The fourth-order valence-electron chi connectivity index (χ4n) is 3.80. The zero-order chi connectivity index (χ0) is 25.8. The van der Waals surface area contributed by atoms with Crippen LogP contribution in [0.4, 0.5) is 4.79 Å². The van der Waals surface area contributed by atoms with Gasteiger partial charge >= 0.3 is 5.97 Å². The Bertz CT molecular complexity index is 1370. The normalized spacial score (nSPS) is 15.4. The van der Waals surface area contributed by atoms with Crippen LogP contribution in [0.2, 0.25) is 5.02 Å². The average Bonchev–Trinajstić information content (AvgIpc) is 3.14. The van der Waals surface area contributed by atoms with Gasteiger partial charge in [0.1, 0.15) is 12.6 Å². The number of benzene rings is 3. The number of amides is 2. The molecule has 0 aromatic heterocycles. The van der Waals surface area contributed by atoms with E-state index in [1.807, 2.05) is 43.3 Å². The van der Waals surface area contributed by atoms with Gasteiger partial charge in [-0.25, -0.2) is 4.79 Å². The van der Waals surface area contributed by atoms with Gasteiger partial charge in [-0.05, 0) is 71.8 Å². The Balaban J connectivity index is 1.58. The molecule has 1 saturated heterocycles. The lowest BCUT2D eigenvalue weighted by Crippen LogP contribution is -2.42. The molecule has 1 aliphatic rings. The van der Waals surface area contributed by atoms with Crippen molar-refractivity contribution >= 4 is 57.3 Å². The highest BCUT2D eigenvalue weighted by Crippen LogP contribution is 2.40.